The van der Waals surface area contributed by atoms with E-state index in [4.69, 9.17) is 0 Å². The van der Waals surface area contributed by atoms with Crippen molar-refractivity contribution in [1.29, 1.82) is 0 Å². The number of likely N-dealkylation sites (tertiary alicyclic amines) is 1. The smallest absolute Gasteiger partial charge is 0.325 e. The number of carbonyl (C=O) groups excluding carboxylic acids is 2. The Bertz CT molecular complexity index is 486. The van der Waals surface area contributed by atoms with Gasteiger partial charge in [-0.1, -0.05) is 0 Å². The van der Waals surface area contributed by atoms with Gasteiger partial charge in [-0.15, -0.1) is 0 Å². The number of hydrogen-bond donors (Lipinski definition) is 1. The van der Waals surface area contributed by atoms with Gasteiger partial charge >= 0.3 is 12.0 Å². The van der Waals surface area contributed by atoms with E-state index in [0.717, 1.165) is 18.5 Å². The van der Waals surface area contributed by atoms with Gasteiger partial charge in [0.15, 0.2) is 0 Å². The first kappa shape index (κ1) is 14.4. The molecule has 1 aliphatic rings. The van der Waals surface area contributed by atoms with E-state index in [0.29, 0.717) is 13.1 Å². The van der Waals surface area contributed by atoms with Crippen LogP contribution in [0.3, 0.4) is 0 Å². The van der Waals surface area contributed by atoms with Gasteiger partial charge < -0.3 is 15.0 Å². The second kappa shape index (κ2) is 6.40. The van der Waals surface area contributed by atoms with Crippen LogP contribution in [0, 0.1) is 0 Å². The molecule has 2 rings (SSSR count). The van der Waals surface area contributed by atoms with E-state index in [1.165, 1.54) is 7.11 Å². The third-order valence-corrected chi connectivity index (χ3v) is 3.47. The molecule has 0 spiro atoms. The van der Waals surface area contributed by atoms with Crippen LogP contribution in [0.4, 0.5) is 4.79 Å². The SMILES string of the molecule is COC(=O)CNC(=O)N1CCCC(c2ccn(C)n2)C1. The lowest BCUT2D eigenvalue weighted by molar-refractivity contribution is -0.139. The van der Waals surface area contributed by atoms with E-state index >= 15 is 0 Å². The summed E-state index contributed by atoms with van der Waals surface area (Å²) in [6.07, 6.45) is 3.87. The van der Waals surface area contributed by atoms with Crippen LogP contribution in [-0.2, 0) is 16.6 Å². The monoisotopic (exact) mass is 280 g/mol. The number of nitrogens with one attached hydrogen (secondary N) is 1. The van der Waals surface area contributed by atoms with Crippen LogP contribution >= 0.6 is 0 Å². The number of urea groups is 1. The Kier molecular flexibility index (Phi) is 4.60. The lowest BCUT2D eigenvalue weighted by Crippen LogP contribution is -2.46. The number of rotatable bonds is 3. The highest BCUT2D eigenvalue weighted by molar-refractivity contribution is 5.80. The fourth-order valence-corrected chi connectivity index (χ4v) is 2.39. The number of amides is 2. The van der Waals surface area contributed by atoms with Crippen molar-refractivity contribution in [3.8, 4) is 0 Å². The first-order valence-electron chi connectivity index (χ1n) is 6.69. The second-order valence-electron chi connectivity index (χ2n) is 4.93. The molecule has 1 aliphatic heterocycles. The van der Waals surface area contributed by atoms with Crippen LogP contribution in [0.15, 0.2) is 12.3 Å². The summed E-state index contributed by atoms with van der Waals surface area (Å²) in [5, 5.41) is 6.97. The molecule has 0 bridgehead atoms. The van der Waals surface area contributed by atoms with Crippen molar-refractivity contribution in [3.05, 3.63) is 18.0 Å². The number of aryl methyl sites for hydroxylation is 1. The molecule has 1 N–H and O–H groups in total. The van der Waals surface area contributed by atoms with Gasteiger partial charge in [-0.05, 0) is 18.9 Å². The normalized spacial score (nSPS) is 18.7. The van der Waals surface area contributed by atoms with E-state index in [9.17, 15) is 9.59 Å². The van der Waals surface area contributed by atoms with Gasteiger partial charge in [0.25, 0.3) is 0 Å². The topological polar surface area (TPSA) is 76.5 Å². The molecule has 1 aromatic rings. The molecule has 1 saturated heterocycles. The van der Waals surface area contributed by atoms with Crippen LogP contribution in [0.25, 0.3) is 0 Å². The number of carbonyl (C=O) groups is 2. The molecule has 1 fully saturated rings. The molecule has 0 aliphatic carbocycles. The summed E-state index contributed by atoms with van der Waals surface area (Å²) in [5.41, 5.74) is 1.01. The predicted octanol–water partition coefficient (Wildman–Crippen LogP) is 0.482. The Morgan fingerprint density at radius 2 is 2.35 bits per heavy atom. The zero-order valence-corrected chi connectivity index (χ0v) is 11.8. The summed E-state index contributed by atoms with van der Waals surface area (Å²) in [7, 11) is 3.18. The van der Waals surface area contributed by atoms with Crippen molar-refractivity contribution < 1.29 is 14.3 Å². The fourth-order valence-electron chi connectivity index (χ4n) is 2.39. The quantitative estimate of drug-likeness (QED) is 0.817. The fraction of sp³-hybridized carbons (Fsp3) is 0.615. The van der Waals surface area contributed by atoms with E-state index in [-0.39, 0.29) is 18.5 Å². The average molecular weight is 280 g/mol. The van der Waals surface area contributed by atoms with E-state index in [1.54, 1.807) is 9.58 Å². The van der Waals surface area contributed by atoms with E-state index in [2.05, 4.69) is 15.2 Å². The minimum atomic E-state index is -0.448. The summed E-state index contributed by atoms with van der Waals surface area (Å²) in [4.78, 5) is 24.7. The number of piperidine rings is 1. The highest BCUT2D eigenvalue weighted by Gasteiger charge is 2.26. The second-order valence-corrected chi connectivity index (χ2v) is 4.93. The molecule has 2 heterocycles. The minimum absolute atomic E-state index is 0.0971. The Hall–Kier alpha value is -2.05. The Morgan fingerprint density at radius 3 is 3.00 bits per heavy atom. The van der Waals surface area contributed by atoms with Crippen LogP contribution in [0.2, 0.25) is 0 Å². The summed E-state index contributed by atoms with van der Waals surface area (Å²) in [6.45, 7) is 1.24. The van der Waals surface area contributed by atoms with Gasteiger partial charge in [0.2, 0.25) is 0 Å². The number of hydrogen-bond acceptors (Lipinski definition) is 4. The van der Waals surface area contributed by atoms with Crippen molar-refractivity contribution in [2.24, 2.45) is 7.05 Å². The van der Waals surface area contributed by atoms with Gasteiger partial charge in [-0.3, -0.25) is 9.48 Å². The standard InChI is InChI=1S/C13H20N4O3/c1-16-7-5-11(15-16)10-4-3-6-17(9-10)13(19)14-8-12(18)20-2/h5,7,10H,3-4,6,8-9H2,1-2H3,(H,14,19). The molecule has 110 valence electrons. The Balaban J connectivity index is 1.89. The van der Waals surface area contributed by atoms with Gasteiger partial charge in [0.1, 0.15) is 6.54 Å². The van der Waals surface area contributed by atoms with Gasteiger partial charge in [0.05, 0.1) is 12.8 Å². The summed E-state index contributed by atoms with van der Waals surface area (Å²) in [6, 6.07) is 1.76. The van der Waals surface area contributed by atoms with Crippen molar-refractivity contribution in [2.75, 3.05) is 26.7 Å². The predicted molar refractivity (Wildman–Crippen MR) is 72.2 cm³/mol. The van der Waals surface area contributed by atoms with Gasteiger partial charge in [-0.2, -0.15) is 5.10 Å². The molecule has 20 heavy (non-hydrogen) atoms. The Labute approximate surface area is 117 Å². The molecule has 2 amide bonds. The van der Waals surface area contributed by atoms with Crippen LogP contribution < -0.4 is 5.32 Å². The minimum Gasteiger partial charge on any atom is -0.468 e. The maximum Gasteiger partial charge on any atom is 0.325 e. The zero-order chi connectivity index (χ0) is 14.5. The maximum atomic E-state index is 12.0. The van der Waals surface area contributed by atoms with Crippen LogP contribution in [-0.4, -0.2) is 53.4 Å². The number of ether oxygens (including phenoxy) is 1. The molecule has 7 heteroatoms. The molecular formula is C13H20N4O3. The zero-order valence-electron chi connectivity index (χ0n) is 11.8. The molecule has 0 saturated carbocycles. The van der Waals surface area contributed by atoms with Crippen molar-refractivity contribution in [2.45, 2.75) is 18.8 Å². The molecule has 0 radical (unpaired) electrons. The van der Waals surface area contributed by atoms with Gasteiger partial charge in [0, 0.05) is 32.3 Å². The van der Waals surface area contributed by atoms with Crippen molar-refractivity contribution in [1.82, 2.24) is 20.0 Å². The number of nitrogens with zero attached hydrogens (tertiary/aromatic N) is 3. The highest BCUT2D eigenvalue weighted by Crippen LogP contribution is 2.25. The third-order valence-electron chi connectivity index (χ3n) is 3.47. The third kappa shape index (κ3) is 3.49. The van der Waals surface area contributed by atoms with Crippen molar-refractivity contribution in [3.63, 3.8) is 0 Å². The molecular weight excluding hydrogens is 260 g/mol. The lowest BCUT2D eigenvalue weighted by atomic mass is 9.95. The molecule has 0 aromatic carbocycles. The summed E-state index contributed by atoms with van der Waals surface area (Å²) in [5.74, 6) is -0.189. The first-order valence-corrected chi connectivity index (χ1v) is 6.69. The van der Waals surface area contributed by atoms with E-state index in [1.807, 2.05) is 19.3 Å². The summed E-state index contributed by atoms with van der Waals surface area (Å²) >= 11 is 0. The molecule has 7 nitrogen and oxygen atoms in total. The van der Waals surface area contributed by atoms with E-state index < -0.39 is 5.97 Å². The van der Waals surface area contributed by atoms with Gasteiger partial charge in [-0.25, -0.2) is 4.79 Å². The number of esters is 1. The lowest BCUT2D eigenvalue weighted by Gasteiger charge is -2.31. The number of methoxy groups -OCH3 is 1. The maximum absolute atomic E-state index is 12.0. The van der Waals surface area contributed by atoms with Crippen molar-refractivity contribution >= 4 is 12.0 Å². The number of aromatic nitrogens is 2. The molecule has 1 aromatic heterocycles. The molecule has 1 atom stereocenters. The largest absolute Gasteiger partial charge is 0.468 e. The molecule has 1 unspecified atom stereocenters. The Morgan fingerprint density at radius 1 is 1.55 bits per heavy atom. The first-order chi connectivity index (χ1) is 9.60. The highest BCUT2D eigenvalue weighted by atomic mass is 16.5. The van der Waals surface area contributed by atoms with Crippen LogP contribution in [0.5, 0.6) is 0 Å². The van der Waals surface area contributed by atoms with Crippen LogP contribution in [0.1, 0.15) is 24.5 Å². The summed E-state index contributed by atoms with van der Waals surface area (Å²) < 4.78 is 6.27. The average Bonchev–Trinajstić information content (AvgIpc) is 2.91.